The molecular weight excluding hydrogens is 216 g/mol. The number of ether oxygens (including phenoxy) is 1. The van der Waals surface area contributed by atoms with Crippen molar-refractivity contribution in [2.45, 2.75) is 45.1 Å². The molecule has 2 rings (SSSR count). The molecule has 0 spiro atoms. The van der Waals surface area contributed by atoms with Gasteiger partial charge in [-0.3, -0.25) is 0 Å². The Balaban J connectivity index is 2.26. The fourth-order valence-corrected chi connectivity index (χ4v) is 2.20. The summed E-state index contributed by atoms with van der Waals surface area (Å²) in [6.45, 7) is 5.75. The van der Waals surface area contributed by atoms with Crippen LogP contribution < -0.4 is 0 Å². The number of hydrogen-bond donors (Lipinski definition) is 1. The highest BCUT2D eigenvalue weighted by Gasteiger charge is 2.20. The fourth-order valence-electron chi connectivity index (χ4n) is 2.20. The maximum Gasteiger partial charge on any atom is 0.133 e. The number of rotatable bonds is 3. The molecule has 0 bridgehead atoms. The minimum absolute atomic E-state index is 0.00889. The van der Waals surface area contributed by atoms with E-state index in [0.717, 1.165) is 43.1 Å². The second-order valence-corrected chi connectivity index (χ2v) is 4.87. The molecule has 1 aromatic heterocycles. The molecule has 1 unspecified atom stereocenters. The maximum atomic E-state index is 9.26. The van der Waals surface area contributed by atoms with Crippen molar-refractivity contribution >= 4 is 0 Å². The Kier molecular flexibility index (Phi) is 4.07. The molecule has 0 radical (unpaired) electrons. The molecule has 94 valence electrons. The largest absolute Gasteiger partial charge is 0.392 e. The highest BCUT2D eigenvalue weighted by molar-refractivity contribution is 5.21. The molecule has 0 amide bonds. The van der Waals surface area contributed by atoms with Crippen molar-refractivity contribution in [2.75, 3.05) is 13.2 Å². The number of hydrogen-bond acceptors (Lipinski definition) is 4. The Morgan fingerprint density at radius 1 is 1.53 bits per heavy atom. The van der Waals surface area contributed by atoms with E-state index < -0.39 is 0 Å². The predicted octanol–water partition coefficient (Wildman–Crippen LogP) is 1.99. The molecule has 1 atom stereocenters. The second-order valence-electron chi connectivity index (χ2n) is 4.87. The molecule has 2 heterocycles. The molecule has 0 aromatic carbocycles. The Bertz CT molecular complexity index is 374. The summed E-state index contributed by atoms with van der Waals surface area (Å²) in [6.07, 6.45) is 3.93. The van der Waals surface area contributed by atoms with Crippen molar-refractivity contribution in [2.24, 2.45) is 0 Å². The summed E-state index contributed by atoms with van der Waals surface area (Å²) in [5, 5.41) is 9.26. The van der Waals surface area contributed by atoms with E-state index in [-0.39, 0.29) is 6.61 Å². The van der Waals surface area contributed by atoms with E-state index in [1.165, 1.54) is 0 Å². The van der Waals surface area contributed by atoms with Gasteiger partial charge < -0.3 is 9.84 Å². The van der Waals surface area contributed by atoms with Gasteiger partial charge in [0.05, 0.1) is 18.9 Å². The van der Waals surface area contributed by atoms with Gasteiger partial charge in [0.2, 0.25) is 0 Å². The summed E-state index contributed by atoms with van der Waals surface area (Å²) in [6, 6.07) is 0. The van der Waals surface area contributed by atoms with Crippen molar-refractivity contribution in [3.05, 3.63) is 23.3 Å². The lowest BCUT2D eigenvalue weighted by Crippen LogP contribution is -2.19. The lowest BCUT2D eigenvalue weighted by molar-refractivity contribution is 0.0779. The van der Waals surface area contributed by atoms with Crippen molar-refractivity contribution in [3.63, 3.8) is 0 Å². The van der Waals surface area contributed by atoms with Crippen molar-refractivity contribution in [1.82, 2.24) is 9.97 Å². The number of nitrogens with zero attached hydrogens (tertiary/aromatic N) is 2. The van der Waals surface area contributed by atoms with Gasteiger partial charge in [-0.05, 0) is 18.8 Å². The first-order valence-corrected chi connectivity index (χ1v) is 6.26. The van der Waals surface area contributed by atoms with Gasteiger partial charge >= 0.3 is 0 Å². The van der Waals surface area contributed by atoms with Gasteiger partial charge in [-0.15, -0.1) is 0 Å². The van der Waals surface area contributed by atoms with Crippen LogP contribution in [0.3, 0.4) is 0 Å². The standard InChI is InChI=1S/C13H20N2O2/c1-9(2)12-11(7-16)6-14-13(15-12)10-4-3-5-17-8-10/h6,9-10,16H,3-5,7-8H2,1-2H3. The molecule has 0 aliphatic carbocycles. The zero-order chi connectivity index (χ0) is 12.3. The van der Waals surface area contributed by atoms with Gasteiger partial charge in [0, 0.05) is 24.3 Å². The summed E-state index contributed by atoms with van der Waals surface area (Å²) >= 11 is 0. The molecular formula is C13H20N2O2. The van der Waals surface area contributed by atoms with Crippen LogP contribution in [0.15, 0.2) is 6.20 Å². The van der Waals surface area contributed by atoms with Gasteiger partial charge in [-0.2, -0.15) is 0 Å². The highest BCUT2D eigenvalue weighted by atomic mass is 16.5. The summed E-state index contributed by atoms with van der Waals surface area (Å²) in [5.41, 5.74) is 1.79. The van der Waals surface area contributed by atoms with Crippen LogP contribution >= 0.6 is 0 Å². The van der Waals surface area contributed by atoms with Crippen LogP contribution in [0.5, 0.6) is 0 Å². The first kappa shape index (κ1) is 12.5. The smallest absolute Gasteiger partial charge is 0.133 e. The van der Waals surface area contributed by atoms with Crippen LogP contribution in [-0.2, 0) is 11.3 Å². The lowest BCUT2D eigenvalue weighted by atomic mass is 10.00. The van der Waals surface area contributed by atoms with E-state index >= 15 is 0 Å². The van der Waals surface area contributed by atoms with Crippen LogP contribution in [0.2, 0.25) is 0 Å². The van der Waals surface area contributed by atoms with E-state index in [1.54, 1.807) is 6.20 Å². The number of aromatic nitrogens is 2. The van der Waals surface area contributed by atoms with E-state index in [2.05, 4.69) is 23.8 Å². The monoisotopic (exact) mass is 236 g/mol. The van der Waals surface area contributed by atoms with E-state index in [4.69, 9.17) is 4.74 Å². The third kappa shape index (κ3) is 2.82. The quantitative estimate of drug-likeness (QED) is 0.872. The van der Waals surface area contributed by atoms with Gasteiger partial charge in [0.25, 0.3) is 0 Å². The molecule has 1 aromatic rings. The Morgan fingerprint density at radius 3 is 2.94 bits per heavy atom. The van der Waals surface area contributed by atoms with Crippen LogP contribution in [0, 0.1) is 0 Å². The average molecular weight is 236 g/mol. The summed E-state index contributed by atoms with van der Waals surface area (Å²) in [4.78, 5) is 8.98. The molecule has 1 fully saturated rings. The van der Waals surface area contributed by atoms with E-state index in [0.29, 0.717) is 11.8 Å². The van der Waals surface area contributed by atoms with E-state index in [9.17, 15) is 5.11 Å². The Labute approximate surface area is 102 Å². The first-order valence-electron chi connectivity index (χ1n) is 6.26. The minimum Gasteiger partial charge on any atom is -0.392 e. The van der Waals surface area contributed by atoms with Crippen molar-refractivity contribution in [1.29, 1.82) is 0 Å². The molecule has 1 aliphatic rings. The zero-order valence-corrected chi connectivity index (χ0v) is 10.5. The van der Waals surface area contributed by atoms with Crippen molar-refractivity contribution < 1.29 is 9.84 Å². The second kappa shape index (κ2) is 5.56. The van der Waals surface area contributed by atoms with Crippen LogP contribution in [0.25, 0.3) is 0 Å². The Morgan fingerprint density at radius 2 is 2.35 bits per heavy atom. The highest BCUT2D eigenvalue weighted by Crippen LogP contribution is 2.25. The van der Waals surface area contributed by atoms with Gasteiger partial charge in [-0.1, -0.05) is 13.8 Å². The molecule has 0 saturated carbocycles. The fraction of sp³-hybridized carbons (Fsp3) is 0.692. The Hall–Kier alpha value is -1.00. The average Bonchev–Trinajstić information content (AvgIpc) is 2.39. The first-order chi connectivity index (χ1) is 8.22. The molecule has 1 aliphatic heterocycles. The van der Waals surface area contributed by atoms with Crippen LogP contribution in [-0.4, -0.2) is 28.3 Å². The molecule has 4 nitrogen and oxygen atoms in total. The lowest BCUT2D eigenvalue weighted by Gasteiger charge is -2.22. The third-order valence-corrected chi connectivity index (χ3v) is 3.16. The van der Waals surface area contributed by atoms with Crippen LogP contribution in [0.4, 0.5) is 0 Å². The SMILES string of the molecule is CC(C)c1nc(C2CCCOC2)ncc1CO. The minimum atomic E-state index is 0.00889. The normalized spacial score (nSPS) is 20.8. The maximum absolute atomic E-state index is 9.26. The zero-order valence-electron chi connectivity index (χ0n) is 10.5. The molecule has 4 heteroatoms. The summed E-state index contributed by atoms with van der Waals surface area (Å²) in [5.74, 6) is 1.49. The summed E-state index contributed by atoms with van der Waals surface area (Å²) < 4.78 is 5.46. The molecule has 17 heavy (non-hydrogen) atoms. The molecule has 1 N–H and O–H groups in total. The van der Waals surface area contributed by atoms with Crippen molar-refractivity contribution in [3.8, 4) is 0 Å². The number of aliphatic hydroxyl groups excluding tert-OH is 1. The van der Waals surface area contributed by atoms with E-state index in [1.807, 2.05) is 0 Å². The topological polar surface area (TPSA) is 55.2 Å². The van der Waals surface area contributed by atoms with Gasteiger partial charge in [0.15, 0.2) is 0 Å². The number of aliphatic hydroxyl groups is 1. The van der Waals surface area contributed by atoms with Gasteiger partial charge in [0.1, 0.15) is 5.82 Å². The van der Waals surface area contributed by atoms with Gasteiger partial charge in [-0.25, -0.2) is 9.97 Å². The summed E-state index contributed by atoms with van der Waals surface area (Å²) in [7, 11) is 0. The third-order valence-electron chi connectivity index (χ3n) is 3.16. The van der Waals surface area contributed by atoms with Crippen LogP contribution in [0.1, 0.15) is 55.6 Å². The predicted molar refractivity (Wildman–Crippen MR) is 64.8 cm³/mol. The molecule has 1 saturated heterocycles.